The highest BCUT2D eigenvalue weighted by molar-refractivity contribution is 9.10. The first-order valence-corrected chi connectivity index (χ1v) is 7.73. The molecule has 1 amide bonds. The van der Waals surface area contributed by atoms with Crippen LogP contribution in [0.25, 0.3) is 0 Å². The van der Waals surface area contributed by atoms with Crippen LogP contribution in [0.4, 0.5) is 11.4 Å². The molecule has 0 saturated heterocycles. The van der Waals surface area contributed by atoms with Crippen LogP contribution >= 0.6 is 15.9 Å². The van der Waals surface area contributed by atoms with Crippen molar-refractivity contribution in [2.24, 2.45) is 0 Å². The monoisotopic (exact) mass is 345 g/mol. The standard InChI is InChI=1S/C16H16BrN3O/c1-10-7-13(9-19-15(10)17)20-16(21)12-4-5-14-11(8-12)3-2-6-18-14/h4-5,7-9,18H,2-3,6H2,1H3,(H,20,21). The average Bonchev–Trinajstić information content (AvgIpc) is 2.50. The smallest absolute Gasteiger partial charge is 0.255 e. The van der Waals surface area contributed by atoms with Crippen LogP contribution in [0.2, 0.25) is 0 Å². The van der Waals surface area contributed by atoms with E-state index >= 15 is 0 Å². The van der Waals surface area contributed by atoms with Crippen LogP contribution in [0.15, 0.2) is 35.1 Å². The minimum atomic E-state index is -0.105. The van der Waals surface area contributed by atoms with Gasteiger partial charge in [0, 0.05) is 17.8 Å². The molecule has 0 aliphatic carbocycles. The first-order chi connectivity index (χ1) is 10.1. The van der Waals surface area contributed by atoms with Crippen molar-refractivity contribution in [3.63, 3.8) is 0 Å². The lowest BCUT2D eigenvalue weighted by Gasteiger charge is -2.18. The zero-order valence-electron chi connectivity index (χ0n) is 11.7. The van der Waals surface area contributed by atoms with Gasteiger partial charge in [-0.1, -0.05) is 0 Å². The molecule has 1 aromatic heterocycles. The Labute approximate surface area is 132 Å². The number of halogens is 1. The minimum Gasteiger partial charge on any atom is -0.385 e. The van der Waals surface area contributed by atoms with Gasteiger partial charge < -0.3 is 10.6 Å². The predicted molar refractivity (Wildman–Crippen MR) is 87.9 cm³/mol. The summed E-state index contributed by atoms with van der Waals surface area (Å²) in [4.78, 5) is 16.5. The molecular weight excluding hydrogens is 330 g/mol. The van der Waals surface area contributed by atoms with E-state index in [0.29, 0.717) is 11.3 Å². The summed E-state index contributed by atoms with van der Waals surface area (Å²) in [5.41, 5.74) is 4.72. The summed E-state index contributed by atoms with van der Waals surface area (Å²) in [6, 6.07) is 7.70. The van der Waals surface area contributed by atoms with Crippen molar-refractivity contribution in [1.82, 2.24) is 4.98 Å². The molecule has 0 unspecified atom stereocenters. The third kappa shape index (κ3) is 3.08. The lowest BCUT2D eigenvalue weighted by molar-refractivity contribution is 0.102. The third-order valence-electron chi connectivity index (χ3n) is 3.58. The summed E-state index contributed by atoms with van der Waals surface area (Å²) in [6.45, 7) is 2.94. The molecule has 21 heavy (non-hydrogen) atoms. The maximum absolute atomic E-state index is 12.3. The third-order valence-corrected chi connectivity index (χ3v) is 4.41. The summed E-state index contributed by atoms with van der Waals surface area (Å²) in [6.07, 6.45) is 3.77. The number of hydrogen-bond acceptors (Lipinski definition) is 3. The van der Waals surface area contributed by atoms with Crippen molar-refractivity contribution in [3.05, 3.63) is 51.8 Å². The first kappa shape index (κ1) is 14.1. The van der Waals surface area contributed by atoms with Gasteiger partial charge in [0.2, 0.25) is 0 Å². The second-order valence-electron chi connectivity index (χ2n) is 5.19. The number of rotatable bonds is 2. The van der Waals surface area contributed by atoms with Crippen molar-refractivity contribution < 1.29 is 4.79 Å². The number of aryl methyl sites for hydroxylation is 2. The predicted octanol–water partition coefficient (Wildman–Crippen LogP) is 3.76. The van der Waals surface area contributed by atoms with E-state index in [2.05, 4.69) is 31.5 Å². The van der Waals surface area contributed by atoms with E-state index in [1.807, 2.05) is 31.2 Å². The summed E-state index contributed by atoms with van der Waals surface area (Å²) >= 11 is 3.35. The molecule has 1 aromatic carbocycles. The number of carbonyl (C=O) groups excluding carboxylic acids is 1. The van der Waals surface area contributed by atoms with Gasteiger partial charge in [-0.3, -0.25) is 4.79 Å². The fourth-order valence-corrected chi connectivity index (χ4v) is 2.66. The molecular formula is C16H16BrN3O. The van der Waals surface area contributed by atoms with E-state index in [1.165, 1.54) is 5.56 Å². The average molecular weight is 346 g/mol. The number of pyridine rings is 1. The Morgan fingerprint density at radius 2 is 2.24 bits per heavy atom. The van der Waals surface area contributed by atoms with Crippen LogP contribution in [0.3, 0.4) is 0 Å². The zero-order valence-corrected chi connectivity index (χ0v) is 13.3. The molecule has 0 bridgehead atoms. The topological polar surface area (TPSA) is 54.0 Å². The van der Waals surface area contributed by atoms with Crippen molar-refractivity contribution in [2.75, 3.05) is 17.2 Å². The molecule has 2 N–H and O–H groups in total. The Morgan fingerprint density at radius 1 is 1.38 bits per heavy atom. The number of aromatic nitrogens is 1. The quantitative estimate of drug-likeness (QED) is 0.814. The van der Waals surface area contributed by atoms with Gasteiger partial charge in [0.05, 0.1) is 11.9 Å². The molecule has 0 fully saturated rings. The van der Waals surface area contributed by atoms with Gasteiger partial charge in [0.15, 0.2) is 0 Å². The molecule has 1 aliphatic heterocycles. The van der Waals surface area contributed by atoms with E-state index in [-0.39, 0.29) is 5.91 Å². The molecule has 4 nitrogen and oxygen atoms in total. The van der Waals surface area contributed by atoms with E-state index in [1.54, 1.807) is 6.20 Å². The second-order valence-corrected chi connectivity index (χ2v) is 5.94. The number of fused-ring (bicyclic) bond motifs is 1. The van der Waals surface area contributed by atoms with Crippen LogP contribution in [0.5, 0.6) is 0 Å². The van der Waals surface area contributed by atoms with Gasteiger partial charge in [-0.05, 0) is 71.1 Å². The Kier molecular flexibility index (Phi) is 3.92. The van der Waals surface area contributed by atoms with E-state index in [0.717, 1.165) is 35.2 Å². The van der Waals surface area contributed by atoms with Gasteiger partial charge in [0.1, 0.15) is 4.60 Å². The molecule has 2 heterocycles. The number of amides is 1. The maximum atomic E-state index is 12.3. The molecule has 2 aromatic rings. The van der Waals surface area contributed by atoms with E-state index < -0.39 is 0 Å². The Bertz CT molecular complexity index is 700. The number of anilines is 2. The van der Waals surface area contributed by atoms with E-state index in [4.69, 9.17) is 0 Å². The summed E-state index contributed by atoms with van der Waals surface area (Å²) in [5, 5.41) is 6.24. The Morgan fingerprint density at radius 3 is 3.05 bits per heavy atom. The lowest BCUT2D eigenvalue weighted by atomic mass is 10.0. The molecule has 3 rings (SSSR count). The van der Waals surface area contributed by atoms with Crippen molar-refractivity contribution in [3.8, 4) is 0 Å². The van der Waals surface area contributed by atoms with Crippen molar-refractivity contribution >= 4 is 33.2 Å². The fourth-order valence-electron chi connectivity index (χ4n) is 2.45. The number of nitrogens with one attached hydrogen (secondary N) is 2. The van der Waals surface area contributed by atoms with E-state index in [9.17, 15) is 4.79 Å². The first-order valence-electron chi connectivity index (χ1n) is 6.94. The van der Waals surface area contributed by atoms with Crippen LogP contribution in [0.1, 0.15) is 27.9 Å². The van der Waals surface area contributed by atoms with Crippen LogP contribution < -0.4 is 10.6 Å². The van der Waals surface area contributed by atoms with Gasteiger partial charge >= 0.3 is 0 Å². The summed E-state index contributed by atoms with van der Waals surface area (Å²) < 4.78 is 0.792. The molecule has 5 heteroatoms. The molecule has 0 radical (unpaired) electrons. The Balaban J connectivity index is 1.80. The number of nitrogens with zero attached hydrogens (tertiary/aromatic N) is 1. The SMILES string of the molecule is Cc1cc(NC(=O)c2ccc3c(c2)CCCN3)cnc1Br. The van der Waals surface area contributed by atoms with Gasteiger partial charge in [-0.2, -0.15) is 0 Å². The normalized spacial score (nSPS) is 13.2. The summed E-state index contributed by atoms with van der Waals surface area (Å²) in [7, 11) is 0. The van der Waals surface area contributed by atoms with Crippen LogP contribution in [-0.2, 0) is 6.42 Å². The van der Waals surface area contributed by atoms with Gasteiger partial charge in [0.25, 0.3) is 5.91 Å². The second kappa shape index (κ2) is 5.85. The molecule has 0 saturated carbocycles. The van der Waals surface area contributed by atoms with Gasteiger partial charge in [-0.15, -0.1) is 0 Å². The lowest BCUT2D eigenvalue weighted by Crippen LogP contribution is -2.15. The number of benzene rings is 1. The molecule has 1 aliphatic rings. The van der Waals surface area contributed by atoms with Crippen LogP contribution in [0, 0.1) is 6.92 Å². The molecule has 108 valence electrons. The highest BCUT2D eigenvalue weighted by Crippen LogP contribution is 2.23. The van der Waals surface area contributed by atoms with Crippen molar-refractivity contribution in [1.29, 1.82) is 0 Å². The fraction of sp³-hybridized carbons (Fsp3) is 0.250. The van der Waals surface area contributed by atoms with Crippen LogP contribution in [-0.4, -0.2) is 17.4 Å². The highest BCUT2D eigenvalue weighted by atomic mass is 79.9. The largest absolute Gasteiger partial charge is 0.385 e. The minimum absolute atomic E-state index is 0.105. The molecule has 0 spiro atoms. The Hall–Kier alpha value is -1.88. The zero-order chi connectivity index (χ0) is 14.8. The maximum Gasteiger partial charge on any atom is 0.255 e. The highest BCUT2D eigenvalue weighted by Gasteiger charge is 2.13. The van der Waals surface area contributed by atoms with Crippen molar-refractivity contribution in [2.45, 2.75) is 19.8 Å². The van der Waals surface area contributed by atoms with Gasteiger partial charge in [-0.25, -0.2) is 4.98 Å². The summed E-state index contributed by atoms with van der Waals surface area (Å²) in [5.74, 6) is -0.105. The number of carbonyl (C=O) groups is 1. The molecule has 0 atom stereocenters. The number of hydrogen-bond donors (Lipinski definition) is 2.